The van der Waals surface area contributed by atoms with Gasteiger partial charge in [0.1, 0.15) is 0 Å². The molecule has 1 amide bonds. The van der Waals surface area contributed by atoms with Crippen LogP contribution >= 0.6 is 11.3 Å². The topological polar surface area (TPSA) is 75.3 Å². The number of carbonyl (C=O) groups excluding carboxylic acids is 1. The molecule has 1 aromatic heterocycles. The number of sulfonamides is 1. The van der Waals surface area contributed by atoms with Gasteiger partial charge >= 0.3 is 0 Å². The number of hydrogen-bond donors (Lipinski definition) is 2. The van der Waals surface area contributed by atoms with Crippen LogP contribution in [0.3, 0.4) is 0 Å². The molecule has 1 heterocycles. The molecule has 22 heavy (non-hydrogen) atoms. The van der Waals surface area contributed by atoms with Gasteiger partial charge in [0.25, 0.3) is 5.91 Å². The Labute approximate surface area is 133 Å². The van der Waals surface area contributed by atoms with E-state index >= 15 is 0 Å². The molecule has 0 aliphatic heterocycles. The number of terminal acetylenes is 1. The lowest BCUT2D eigenvalue weighted by atomic mass is 10.2. The van der Waals surface area contributed by atoms with Crippen LogP contribution in [0.5, 0.6) is 0 Å². The van der Waals surface area contributed by atoms with Crippen molar-refractivity contribution in [3.05, 3.63) is 52.2 Å². The third kappa shape index (κ3) is 4.18. The predicted octanol–water partition coefficient (Wildman–Crippen LogP) is 1.59. The van der Waals surface area contributed by atoms with Gasteiger partial charge < -0.3 is 5.32 Å². The predicted molar refractivity (Wildman–Crippen MR) is 86.0 cm³/mol. The van der Waals surface area contributed by atoms with E-state index in [1.165, 1.54) is 24.3 Å². The summed E-state index contributed by atoms with van der Waals surface area (Å²) in [7, 11) is -3.64. The fourth-order valence-electron chi connectivity index (χ4n) is 1.69. The van der Waals surface area contributed by atoms with Crippen molar-refractivity contribution in [2.24, 2.45) is 0 Å². The third-order valence-electron chi connectivity index (χ3n) is 2.79. The Morgan fingerprint density at radius 1 is 1.23 bits per heavy atom. The standard InChI is InChI=1S/C15H14N2O3S2/c1-2-9-17-22(19,20)14-7-5-12(6-8-14)15(18)16-11-13-4-3-10-21-13/h1,3-8,10,17H,9,11H2,(H,16,18). The van der Waals surface area contributed by atoms with E-state index in [1.807, 2.05) is 17.5 Å². The summed E-state index contributed by atoms with van der Waals surface area (Å²) in [6.45, 7) is 0.367. The third-order valence-corrected chi connectivity index (χ3v) is 5.09. The molecule has 0 aliphatic carbocycles. The van der Waals surface area contributed by atoms with Gasteiger partial charge in [0.05, 0.1) is 18.0 Å². The second-order valence-corrected chi connectivity index (χ2v) is 7.11. The van der Waals surface area contributed by atoms with E-state index in [2.05, 4.69) is 16.0 Å². The molecular formula is C15H14N2O3S2. The first-order chi connectivity index (χ1) is 10.5. The molecule has 2 rings (SSSR count). The summed E-state index contributed by atoms with van der Waals surface area (Å²) >= 11 is 1.56. The van der Waals surface area contributed by atoms with Gasteiger partial charge in [0.2, 0.25) is 10.0 Å². The number of amides is 1. The highest BCUT2D eigenvalue weighted by atomic mass is 32.2. The lowest BCUT2D eigenvalue weighted by Crippen LogP contribution is -2.24. The number of rotatable bonds is 6. The molecule has 0 unspecified atom stereocenters. The fourth-order valence-corrected chi connectivity index (χ4v) is 3.27. The van der Waals surface area contributed by atoms with Gasteiger partial charge in [-0.2, -0.15) is 4.72 Å². The molecule has 0 radical (unpaired) electrons. The molecule has 0 aliphatic rings. The largest absolute Gasteiger partial charge is 0.347 e. The number of benzene rings is 1. The molecule has 0 fully saturated rings. The summed E-state index contributed by atoms with van der Waals surface area (Å²) in [5.41, 5.74) is 0.396. The first-order valence-electron chi connectivity index (χ1n) is 6.37. The lowest BCUT2D eigenvalue weighted by molar-refractivity contribution is 0.0951. The van der Waals surface area contributed by atoms with Crippen LogP contribution < -0.4 is 10.0 Å². The van der Waals surface area contributed by atoms with Crippen molar-refractivity contribution in [3.63, 3.8) is 0 Å². The average molecular weight is 334 g/mol. The van der Waals surface area contributed by atoms with Crippen molar-refractivity contribution in [1.82, 2.24) is 10.0 Å². The monoisotopic (exact) mass is 334 g/mol. The van der Waals surface area contributed by atoms with Gasteiger partial charge in [-0.05, 0) is 35.7 Å². The minimum Gasteiger partial charge on any atom is -0.347 e. The van der Waals surface area contributed by atoms with E-state index in [0.717, 1.165) is 4.88 Å². The molecule has 0 bridgehead atoms. The van der Waals surface area contributed by atoms with Crippen LogP contribution in [0, 0.1) is 12.3 Å². The average Bonchev–Trinajstić information content (AvgIpc) is 3.04. The quantitative estimate of drug-likeness (QED) is 0.788. The highest BCUT2D eigenvalue weighted by Crippen LogP contribution is 2.11. The fraction of sp³-hybridized carbons (Fsp3) is 0.133. The molecule has 5 nitrogen and oxygen atoms in total. The van der Waals surface area contributed by atoms with Gasteiger partial charge in [-0.25, -0.2) is 8.42 Å². The van der Waals surface area contributed by atoms with Crippen molar-refractivity contribution >= 4 is 27.3 Å². The zero-order valence-electron chi connectivity index (χ0n) is 11.6. The Bertz CT molecular complexity index is 773. The molecule has 2 N–H and O–H groups in total. The zero-order chi connectivity index (χ0) is 16.0. The maximum atomic E-state index is 12.0. The van der Waals surface area contributed by atoms with Crippen molar-refractivity contribution in [2.45, 2.75) is 11.4 Å². The van der Waals surface area contributed by atoms with Crippen molar-refractivity contribution in [1.29, 1.82) is 0 Å². The normalized spacial score (nSPS) is 10.9. The molecule has 7 heteroatoms. The second-order valence-electron chi connectivity index (χ2n) is 4.32. The highest BCUT2D eigenvalue weighted by Gasteiger charge is 2.14. The maximum absolute atomic E-state index is 12.0. The summed E-state index contributed by atoms with van der Waals surface area (Å²) in [5.74, 6) is 1.94. The number of hydrogen-bond acceptors (Lipinski definition) is 4. The van der Waals surface area contributed by atoms with Gasteiger partial charge in [-0.3, -0.25) is 4.79 Å². The van der Waals surface area contributed by atoms with E-state index < -0.39 is 10.0 Å². The van der Waals surface area contributed by atoms with Crippen molar-refractivity contribution < 1.29 is 13.2 Å². The van der Waals surface area contributed by atoms with Crippen LogP contribution in [0.15, 0.2) is 46.7 Å². The van der Waals surface area contributed by atoms with Gasteiger partial charge in [0, 0.05) is 10.4 Å². The zero-order valence-corrected chi connectivity index (χ0v) is 13.2. The minimum atomic E-state index is -3.64. The SMILES string of the molecule is C#CCNS(=O)(=O)c1ccc(C(=O)NCc2cccs2)cc1. The number of carbonyl (C=O) groups is 1. The van der Waals surface area contributed by atoms with Gasteiger partial charge in [-0.15, -0.1) is 17.8 Å². The number of nitrogens with one attached hydrogen (secondary N) is 2. The molecule has 1 aromatic carbocycles. The Morgan fingerprint density at radius 3 is 2.55 bits per heavy atom. The molecule has 0 spiro atoms. The maximum Gasteiger partial charge on any atom is 0.251 e. The van der Waals surface area contributed by atoms with Crippen molar-refractivity contribution in [2.75, 3.05) is 6.54 Å². The van der Waals surface area contributed by atoms with E-state index in [-0.39, 0.29) is 17.3 Å². The highest BCUT2D eigenvalue weighted by molar-refractivity contribution is 7.89. The summed E-state index contributed by atoms with van der Waals surface area (Å²) in [6.07, 6.45) is 5.02. The van der Waals surface area contributed by atoms with Crippen LogP contribution in [-0.2, 0) is 16.6 Å². The Kier molecular flexibility index (Phi) is 5.33. The molecule has 2 aromatic rings. The smallest absolute Gasteiger partial charge is 0.251 e. The second kappa shape index (κ2) is 7.22. The first-order valence-corrected chi connectivity index (χ1v) is 8.73. The van der Waals surface area contributed by atoms with Gasteiger partial charge in [0.15, 0.2) is 0 Å². The molecular weight excluding hydrogens is 320 g/mol. The first kappa shape index (κ1) is 16.2. The molecule has 114 valence electrons. The van der Waals surface area contributed by atoms with Gasteiger partial charge in [-0.1, -0.05) is 12.0 Å². The Morgan fingerprint density at radius 2 is 1.95 bits per heavy atom. The Balaban J connectivity index is 2.02. The van der Waals surface area contributed by atoms with Crippen molar-refractivity contribution in [3.8, 4) is 12.3 Å². The minimum absolute atomic E-state index is 0.0672. The van der Waals surface area contributed by atoms with Crippen LogP contribution in [0.4, 0.5) is 0 Å². The summed E-state index contributed by atoms with van der Waals surface area (Å²) in [4.78, 5) is 13.1. The van der Waals surface area contributed by atoms with Crippen LogP contribution in [-0.4, -0.2) is 20.9 Å². The summed E-state index contributed by atoms with van der Waals surface area (Å²) in [6, 6.07) is 9.52. The van der Waals surface area contributed by atoms with E-state index in [9.17, 15) is 13.2 Å². The summed E-state index contributed by atoms with van der Waals surface area (Å²) in [5, 5.41) is 4.71. The van der Waals surface area contributed by atoms with E-state index in [4.69, 9.17) is 6.42 Å². The molecule has 0 saturated heterocycles. The van der Waals surface area contributed by atoms with Crippen LogP contribution in [0.1, 0.15) is 15.2 Å². The van der Waals surface area contributed by atoms with E-state index in [0.29, 0.717) is 12.1 Å². The Hall–Kier alpha value is -2.14. The summed E-state index contributed by atoms with van der Waals surface area (Å²) < 4.78 is 25.9. The van der Waals surface area contributed by atoms with Crippen LogP contribution in [0.2, 0.25) is 0 Å². The molecule has 0 saturated carbocycles. The van der Waals surface area contributed by atoms with E-state index in [1.54, 1.807) is 11.3 Å². The lowest BCUT2D eigenvalue weighted by Gasteiger charge is -2.06. The molecule has 0 atom stereocenters. The van der Waals surface area contributed by atoms with Crippen LogP contribution in [0.25, 0.3) is 0 Å². The number of thiophene rings is 1.